The van der Waals surface area contributed by atoms with E-state index in [1.54, 1.807) is 4.52 Å². The van der Waals surface area contributed by atoms with Crippen molar-refractivity contribution in [3.8, 4) is 11.4 Å². The number of nitrogens with one attached hydrogen (secondary N) is 1. The summed E-state index contributed by atoms with van der Waals surface area (Å²) >= 11 is 0. The first-order valence-electron chi connectivity index (χ1n) is 11.9. The van der Waals surface area contributed by atoms with Gasteiger partial charge in [0.25, 0.3) is 5.56 Å². The summed E-state index contributed by atoms with van der Waals surface area (Å²) in [5.74, 6) is 1.33. The molecule has 4 aromatic rings. The Morgan fingerprint density at radius 3 is 2.38 bits per heavy atom. The lowest BCUT2D eigenvalue weighted by molar-refractivity contribution is 0.0249. The lowest BCUT2D eigenvalue weighted by Gasteiger charge is -2.32. The highest BCUT2D eigenvalue weighted by atomic mass is 16.5. The second-order valence-corrected chi connectivity index (χ2v) is 9.97. The van der Waals surface area contributed by atoms with Crippen LogP contribution in [0.4, 0.5) is 5.95 Å². The Labute approximate surface area is 199 Å². The average Bonchev–Trinajstić information content (AvgIpc) is 3.23. The number of hydrogen-bond donors (Lipinski definition) is 1. The van der Waals surface area contributed by atoms with Gasteiger partial charge >= 0.3 is 0 Å². The van der Waals surface area contributed by atoms with E-state index in [0.717, 1.165) is 31.5 Å². The van der Waals surface area contributed by atoms with E-state index in [9.17, 15) is 4.79 Å². The number of anilines is 1. The highest BCUT2D eigenvalue weighted by Gasteiger charge is 2.24. The lowest BCUT2D eigenvalue weighted by atomic mass is 9.87. The minimum Gasteiger partial charge on any atom is -0.373 e. The molecule has 1 aliphatic rings. The molecule has 2 aromatic heterocycles. The van der Waals surface area contributed by atoms with Gasteiger partial charge in [0.2, 0.25) is 5.95 Å². The van der Waals surface area contributed by atoms with Crippen molar-refractivity contribution in [1.82, 2.24) is 19.6 Å². The van der Waals surface area contributed by atoms with Crippen LogP contribution in [0.25, 0.3) is 17.0 Å². The Hall–Kier alpha value is -3.45. The van der Waals surface area contributed by atoms with Gasteiger partial charge in [-0.05, 0) is 29.4 Å². The first kappa shape index (κ1) is 22.3. The number of fused-ring (bicyclic) bond motifs is 1. The minimum atomic E-state index is -0.183. The van der Waals surface area contributed by atoms with E-state index < -0.39 is 0 Å². The maximum atomic E-state index is 12.1. The molecule has 0 atom stereocenters. The standard InChI is InChI=1S/C27H31N5O2/c1-27(2,3)21-11-9-20(10-12-21)25-28-23-17-24(33)30-32(23)26(29-25)31-15-13-22(14-16-31)34-18-19-7-5-4-6-8-19/h4-12,17,22H,13-16,18H2,1-3H3,(H,30,33). The Morgan fingerprint density at radius 2 is 1.71 bits per heavy atom. The van der Waals surface area contributed by atoms with Crippen molar-refractivity contribution < 1.29 is 4.74 Å². The fourth-order valence-electron chi connectivity index (χ4n) is 4.37. The fourth-order valence-corrected chi connectivity index (χ4v) is 4.37. The zero-order valence-electron chi connectivity index (χ0n) is 20.0. The van der Waals surface area contributed by atoms with E-state index in [2.05, 4.69) is 72.2 Å². The van der Waals surface area contributed by atoms with Crippen LogP contribution in [0.5, 0.6) is 0 Å². The highest BCUT2D eigenvalue weighted by molar-refractivity contribution is 5.61. The van der Waals surface area contributed by atoms with Crippen LogP contribution in [0.3, 0.4) is 0 Å². The molecule has 3 heterocycles. The summed E-state index contributed by atoms with van der Waals surface area (Å²) in [4.78, 5) is 23.9. The number of ether oxygens (including phenoxy) is 1. The summed E-state index contributed by atoms with van der Waals surface area (Å²) in [6.07, 6.45) is 2.01. The molecule has 0 spiro atoms. The maximum Gasteiger partial charge on any atom is 0.266 e. The zero-order valence-corrected chi connectivity index (χ0v) is 20.0. The van der Waals surface area contributed by atoms with Crippen LogP contribution in [0.1, 0.15) is 44.7 Å². The summed E-state index contributed by atoms with van der Waals surface area (Å²) in [5.41, 5.74) is 3.85. The molecule has 1 N–H and O–H groups in total. The van der Waals surface area contributed by atoms with Gasteiger partial charge in [0.15, 0.2) is 11.5 Å². The number of rotatable bonds is 5. The molecular formula is C27H31N5O2. The molecule has 7 heteroatoms. The van der Waals surface area contributed by atoms with Crippen molar-refractivity contribution >= 4 is 11.6 Å². The molecule has 0 radical (unpaired) electrons. The smallest absolute Gasteiger partial charge is 0.266 e. The quantitative estimate of drug-likeness (QED) is 0.475. The molecule has 34 heavy (non-hydrogen) atoms. The van der Waals surface area contributed by atoms with Gasteiger partial charge < -0.3 is 9.64 Å². The van der Waals surface area contributed by atoms with Crippen LogP contribution in [0.15, 0.2) is 65.5 Å². The summed E-state index contributed by atoms with van der Waals surface area (Å²) in [7, 11) is 0. The van der Waals surface area contributed by atoms with Crippen LogP contribution in [-0.2, 0) is 16.8 Å². The topological polar surface area (TPSA) is 75.5 Å². The third kappa shape index (κ3) is 4.75. The predicted octanol–water partition coefficient (Wildman–Crippen LogP) is 4.57. The number of hydrogen-bond acceptors (Lipinski definition) is 5. The third-order valence-electron chi connectivity index (χ3n) is 6.40. The summed E-state index contributed by atoms with van der Waals surface area (Å²) in [6.45, 7) is 8.82. The number of benzene rings is 2. The second-order valence-electron chi connectivity index (χ2n) is 9.97. The van der Waals surface area contributed by atoms with E-state index in [0.29, 0.717) is 24.0 Å². The van der Waals surface area contributed by atoms with Crippen molar-refractivity contribution in [3.63, 3.8) is 0 Å². The van der Waals surface area contributed by atoms with E-state index >= 15 is 0 Å². The van der Waals surface area contributed by atoms with E-state index in [1.165, 1.54) is 17.2 Å². The van der Waals surface area contributed by atoms with Gasteiger partial charge in [0.1, 0.15) is 0 Å². The number of nitrogens with zero attached hydrogens (tertiary/aromatic N) is 4. The maximum absolute atomic E-state index is 12.1. The molecule has 1 aliphatic heterocycles. The number of H-pyrrole nitrogens is 1. The van der Waals surface area contributed by atoms with E-state index in [4.69, 9.17) is 9.72 Å². The Morgan fingerprint density at radius 1 is 1.00 bits per heavy atom. The summed E-state index contributed by atoms with van der Waals surface area (Å²) in [5, 5.41) is 2.85. The third-order valence-corrected chi connectivity index (χ3v) is 6.40. The van der Waals surface area contributed by atoms with Crippen molar-refractivity contribution in [2.45, 2.75) is 51.7 Å². The van der Waals surface area contributed by atoms with Gasteiger partial charge in [-0.25, -0.2) is 9.50 Å². The SMILES string of the molecule is CC(C)(C)c1ccc(-c2nc(N3CCC(OCc4ccccc4)CC3)n3[nH]c(=O)cc3n2)cc1. The van der Waals surface area contributed by atoms with Crippen molar-refractivity contribution in [2.24, 2.45) is 0 Å². The molecule has 1 saturated heterocycles. The molecule has 0 bridgehead atoms. The van der Waals surface area contributed by atoms with Crippen LogP contribution in [0, 0.1) is 0 Å². The molecule has 0 unspecified atom stereocenters. The van der Waals surface area contributed by atoms with Gasteiger partial charge in [-0.2, -0.15) is 4.98 Å². The summed E-state index contributed by atoms with van der Waals surface area (Å²) in [6, 6.07) is 20.2. The molecule has 7 nitrogen and oxygen atoms in total. The molecule has 0 saturated carbocycles. The van der Waals surface area contributed by atoms with Crippen LogP contribution < -0.4 is 10.5 Å². The molecule has 1 fully saturated rings. The first-order chi connectivity index (χ1) is 16.4. The molecule has 0 aliphatic carbocycles. The second kappa shape index (κ2) is 9.06. The number of piperidine rings is 1. The van der Waals surface area contributed by atoms with Gasteiger partial charge in [0.05, 0.1) is 12.7 Å². The van der Waals surface area contributed by atoms with Crippen molar-refractivity contribution in [1.29, 1.82) is 0 Å². The van der Waals surface area contributed by atoms with Crippen molar-refractivity contribution in [3.05, 3.63) is 82.1 Å². The number of aromatic amines is 1. The lowest BCUT2D eigenvalue weighted by Crippen LogP contribution is -2.38. The highest BCUT2D eigenvalue weighted by Crippen LogP contribution is 2.27. The first-order valence-corrected chi connectivity index (χ1v) is 11.9. The van der Waals surface area contributed by atoms with Gasteiger partial charge in [0, 0.05) is 24.7 Å². The Bertz CT molecular complexity index is 1310. The number of aromatic nitrogens is 4. The normalized spacial score (nSPS) is 15.2. The van der Waals surface area contributed by atoms with E-state index in [1.807, 2.05) is 18.2 Å². The van der Waals surface area contributed by atoms with Crippen LogP contribution in [-0.4, -0.2) is 38.8 Å². The molecule has 0 amide bonds. The average molecular weight is 458 g/mol. The van der Waals surface area contributed by atoms with Gasteiger partial charge in [-0.3, -0.25) is 9.89 Å². The fraction of sp³-hybridized carbons (Fsp3) is 0.370. The Balaban J connectivity index is 1.36. The monoisotopic (exact) mass is 457 g/mol. The largest absolute Gasteiger partial charge is 0.373 e. The van der Waals surface area contributed by atoms with Gasteiger partial charge in [-0.15, -0.1) is 0 Å². The van der Waals surface area contributed by atoms with Gasteiger partial charge in [-0.1, -0.05) is 75.4 Å². The van der Waals surface area contributed by atoms with E-state index in [-0.39, 0.29) is 17.1 Å². The molecule has 5 rings (SSSR count). The molecule has 2 aromatic carbocycles. The minimum absolute atomic E-state index is 0.0787. The summed E-state index contributed by atoms with van der Waals surface area (Å²) < 4.78 is 7.85. The molecular weight excluding hydrogens is 426 g/mol. The van der Waals surface area contributed by atoms with Crippen LogP contribution in [0.2, 0.25) is 0 Å². The Kier molecular flexibility index (Phi) is 5.96. The van der Waals surface area contributed by atoms with Crippen LogP contribution >= 0.6 is 0 Å². The zero-order chi connectivity index (χ0) is 23.7. The molecule has 176 valence electrons. The van der Waals surface area contributed by atoms with Crippen molar-refractivity contribution in [2.75, 3.05) is 18.0 Å². The predicted molar refractivity (Wildman–Crippen MR) is 134 cm³/mol.